The molecule has 6 heteroatoms. The van der Waals surface area contributed by atoms with Crippen molar-refractivity contribution in [2.45, 2.75) is 33.3 Å². The molecule has 142 valence electrons. The van der Waals surface area contributed by atoms with E-state index in [9.17, 15) is 9.59 Å². The van der Waals surface area contributed by atoms with Crippen molar-refractivity contribution in [3.8, 4) is 5.75 Å². The Morgan fingerprint density at radius 1 is 1.22 bits per heavy atom. The number of halogens is 1. The van der Waals surface area contributed by atoms with Crippen LogP contribution in [-0.4, -0.2) is 24.5 Å². The summed E-state index contributed by atoms with van der Waals surface area (Å²) in [6.07, 6.45) is 0.162. The number of rotatable bonds is 5. The van der Waals surface area contributed by atoms with Crippen LogP contribution < -0.4 is 15.0 Å². The number of nitrogens with zero attached hydrogens (tertiary/aromatic N) is 1. The number of hydrogen-bond acceptors (Lipinski definition) is 3. The molecule has 3 rings (SSSR count). The molecule has 2 amide bonds. The molecule has 0 aromatic heterocycles. The molecule has 0 radical (unpaired) electrons. The Hall–Kier alpha value is -2.53. The fraction of sp³-hybridized carbons (Fsp3) is 0.333. The third-order valence-corrected chi connectivity index (χ3v) is 4.95. The number of nitrogens with one attached hydrogen (secondary N) is 1. The number of benzene rings is 2. The van der Waals surface area contributed by atoms with Gasteiger partial charge in [-0.05, 0) is 50.6 Å². The predicted molar refractivity (Wildman–Crippen MR) is 107 cm³/mol. The molecule has 1 aliphatic heterocycles. The molecule has 1 saturated heterocycles. The van der Waals surface area contributed by atoms with Crippen LogP contribution in [0, 0.1) is 12.8 Å². The first-order valence-corrected chi connectivity index (χ1v) is 9.36. The zero-order chi connectivity index (χ0) is 19.6. The Morgan fingerprint density at radius 3 is 2.70 bits per heavy atom. The highest BCUT2D eigenvalue weighted by Gasteiger charge is 2.36. The van der Waals surface area contributed by atoms with Gasteiger partial charge in [-0.2, -0.15) is 0 Å². The molecule has 0 bridgehead atoms. The Morgan fingerprint density at radius 2 is 1.96 bits per heavy atom. The molecule has 1 heterocycles. The SMILES string of the molecule is Cc1c(Cl)cccc1NC(=O)C1CC(=O)N(c2ccccc2OC(C)C)C1. The summed E-state index contributed by atoms with van der Waals surface area (Å²) in [5.41, 5.74) is 2.18. The van der Waals surface area contributed by atoms with E-state index in [1.165, 1.54) is 0 Å². The number of anilines is 2. The van der Waals surface area contributed by atoms with E-state index in [1.54, 1.807) is 23.1 Å². The van der Waals surface area contributed by atoms with Gasteiger partial charge in [0.05, 0.1) is 17.7 Å². The standard InChI is InChI=1S/C21H23ClN2O3/c1-13(2)27-19-10-5-4-9-18(19)24-12-15(11-20(24)25)21(26)23-17-8-6-7-16(22)14(17)3/h4-10,13,15H,11-12H2,1-3H3,(H,23,26). The Kier molecular flexibility index (Phi) is 5.71. The van der Waals surface area contributed by atoms with Crippen LogP contribution in [0.2, 0.25) is 5.02 Å². The molecular formula is C21H23ClN2O3. The van der Waals surface area contributed by atoms with Gasteiger partial charge < -0.3 is 15.0 Å². The van der Waals surface area contributed by atoms with E-state index in [-0.39, 0.29) is 24.3 Å². The maximum Gasteiger partial charge on any atom is 0.229 e. The van der Waals surface area contributed by atoms with Crippen molar-refractivity contribution in [1.29, 1.82) is 0 Å². The molecule has 1 fully saturated rings. The Bertz CT molecular complexity index is 866. The minimum absolute atomic E-state index is 0.00578. The van der Waals surface area contributed by atoms with Gasteiger partial charge in [-0.25, -0.2) is 0 Å². The minimum Gasteiger partial charge on any atom is -0.489 e. The van der Waals surface area contributed by atoms with Crippen LogP contribution in [0.3, 0.4) is 0 Å². The number of carbonyl (C=O) groups excluding carboxylic acids is 2. The van der Waals surface area contributed by atoms with Crippen LogP contribution in [0.4, 0.5) is 11.4 Å². The monoisotopic (exact) mass is 386 g/mol. The summed E-state index contributed by atoms with van der Waals surface area (Å²) in [5.74, 6) is -0.0492. The molecule has 2 aromatic rings. The topological polar surface area (TPSA) is 58.6 Å². The van der Waals surface area contributed by atoms with Gasteiger partial charge in [-0.15, -0.1) is 0 Å². The van der Waals surface area contributed by atoms with Crippen molar-refractivity contribution in [1.82, 2.24) is 0 Å². The number of ether oxygens (including phenoxy) is 1. The summed E-state index contributed by atoms with van der Waals surface area (Å²) in [5, 5.41) is 3.49. The van der Waals surface area contributed by atoms with Gasteiger partial charge >= 0.3 is 0 Å². The smallest absolute Gasteiger partial charge is 0.229 e. The number of para-hydroxylation sites is 2. The van der Waals surface area contributed by atoms with Gasteiger partial charge in [-0.1, -0.05) is 29.8 Å². The highest BCUT2D eigenvalue weighted by Crippen LogP contribution is 2.34. The van der Waals surface area contributed by atoms with Crippen molar-refractivity contribution in [3.63, 3.8) is 0 Å². The third-order valence-electron chi connectivity index (χ3n) is 4.54. The van der Waals surface area contributed by atoms with E-state index in [0.717, 1.165) is 5.56 Å². The van der Waals surface area contributed by atoms with Gasteiger partial charge in [0.2, 0.25) is 11.8 Å². The average molecular weight is 387 g/mol. The Balaban J connectivity index is 1.76. The fourth-order valence-electron chi connectivity index (χ4n) is 3.13. The minimum atomic E-state index is -0.428. The van der Waals surface area contributed by atoms with E-state index in [4.69, 9.17) is 16.3 Å². The van der Waals surface area contributed by atoms with E-state index in [2.05, 4.69) is 5.32 Å². The van der Waals surface area contributed by atoms with Gasteiger partial charge in [0, 0.05) is 23.7 Å². The van der Waals surface area contributed by atoms with Crippen LogP contribution in [0.15, 0.2) is 42.5 Å². The lowest BCUT2D eigenvalue weighted by Crippen LogP contribution is -2.28. The first kappa shape index (κ1) is 19.2. The molecule has 0 aliphatic carbocycles. The molecule has 0 spiro atoms. The Labute approximate surface area is 164 Å². The number of hydrogen-bond donors (Lipinski definition) is 1. The summed E-state index contributed by atoms with van der Waals surface area (Å²) in [4.78, 5) is 26.9. The number of amides is 2. The summed E-state index contributed by atoms with van der Waals surface area (Å²) in [6, 6.07) is 12.8. The summed E-state index contributed by atoms with van der Waals surface area (Å²) in [7, 11) is 0. The molecule has 1 N–H and O–H groups in total. The second-order valence-corrected chi connectivity index (χ2v) is 7.35. The summed E-state index contributed by atoms with van der Waals surface area (Å²) in [6.45, 7) is 6.05. The lowest BCUT2D eigenvalue weighted by molar-refractivity contribution is -0.122. The summed E-state index contributed by atoms with van der Waals surface area (Å²) < 4.78 is 5.82. The quantitative estimate of drug-likeness (QED) is 0.827. The van der Waals surface area contributed by atoms with Crippen LogP contribution >= 0.6 is 11.6 Å². The molecule has 0 saturated carbocycles. The van der Waals surface area contributed by atoms with Gasteiger partial charge in [0.25, 0.3) is 0 Å². The fourth-order valence-corrected chi connectivity index (χ4v) is 3.30. The first-order chi connectivity index (χ1) is 12.9. The van der Waals surface area contributed by atoms with E-state index in [0.29, 0.717) is 28.7 Å². The van der Waals surface area contributed by atoms with E-state index >= 15 is 0 Å². The maximum absolute atomic E-state index is 12.7. The normalized spacial score (nSPS) is 16.7. The molecule has 5 nitrogen and oxygen atoms in total. The zero-order valence-corrected chi connectivity index (χ0v) is 16.4. The maximum atomic E-state index is 12.7. The highest BCUT2D eigenvalue weighted by atomic mass is 35.5. The van der Waals surface area contributed by atoms with Crippen LogP contribution in [0.1, 0.15) is 25.8 Å². The molecule has 1 atom stereocenters. The van der Waals surface area contributed by atoms with Crippen molar-refractivity contribution in [2.24, 2.45) is 5.92 Å². The molecule has 1 unspecified atom stereocenters. The third kappa shape index (κ3) is 4.25. The molecular weight excluding hydrogens is 364 g/mol. The second-order valence-electron chi connectivity index (χ2n) is 6.94. The van der Waals surface area contributed by atoms with Gasteiger partial charge in [-0.3, -0.25) is 9.59 Å². The van der Waals surface area contributed by atoms with Crippen LogP contribution in [0.25, 0.3) is 0 Å². The lowest BCUT2D eigenvalue weighted by atomic mass is 10.1. The molecule has 1 aliphatic rings. The van der Waals surface area contributed by atoms with Crippen molar-refractivity contribution >= 4 is 34.8 Å². The molecule has 27 heavy (non-hydrogen) atoms. The van der Waals surface area contributed by atoms with Gasteiger partial charge in [0.15, 0.2) is 0 Å². The van der Waals surface area contributed by atoms with Crippen molar-refractivity contribution in [3.05, 3.63) is 53.1 Å². The summed E-state index contributed by atoms with van der Waals surface area (Å²) >= 11 is 6.11. The van der Waals surface area contributed by atoms with Crippen LogP contribution in [0.5, 0.6) is 5.75 Å². The van der Waals surface area contributed by atoms with E-state index in [1.807, 2.05) is 45.0 Å². The van der Waals surface area contributed by atoms with Gasteiger partial charge in [0.1, 0.15) is 5.75 Å². The zero-order valence-electron chi connectivity index (χ0n) is 15.7. The molecule has 2 aromatic carbocycles. The average Bonchev–Trinajstić information content (AvgIpc) is 3.01. The lowest BCUT2D eigenvalue weighted by Gasteiger charge is -2.21. The van der Waals surface area contributed by atoms with Crippen molar-refractivity contribution < 1.29 is 14.3 Å². The van der Waals surface area contributed by atoms with Crippen molar-refractivity contribution in [2.75, 3.05) is 16.8 Å². The first-order valence-electron chi connectivity index (χ1n) is 8.99. The van der Waals surface area contributed by atoms with E-state index < -0.39 is 5.92 Å². The largest absolute Gasteiger partial charge is 0.489 e. The predicted octanol–water partition coefficient (Wildman–Crippen LogP) is 4.43. The van der Waals surface area contributed by atoms with Crippen LogP contribution in [-0.2, 0) is 9.59 Å². The number of carbonyl (C=O) groups is 2. The highest BCUT2D eigenvalue weighted by molar-refractivity contribution is 6.31. The second kappa shape index (κ2) is 8.01.